The van der Waals surface area contributed by atoms with Gasteiger partial charge in [0.25, 0.3) is 0 Å². The number of ether oxygens (including phenoxy) is 1. The molecule has 0 bridgehead atoms. The molecule has 0 radical (unpaired) electrons. The molecule has 0 rings (SSSR count). The fourth-order valence-corrected chi connectivity index (χ4v) is 1.30. The molecule has 0 aromatic rings. The van der Waals surface area contributed by atoms with Gasteiger partial charge in [-0.15, -0.1) is 0 Å². The van der Waals surface area contributed by atoms with E-state index >= 15 is 0 Å². The topological polar surface area (TPSA) is 67.6 Å². The second-order valence-corrected chi connectivity index (χ2v) is 3.28. The Morgan fingerprint density at radius 1 is 1.47 bits per heavy atom. The zero-order valence-electron chi connectivity index (χ0n) is 9.95. The van der Waals surface area contributed by atoms with Gasteiger partial charge in [0, 0.05) is 26.7 Å². The second-order valence-electron chi connectivity index (χ2n) is 3.28. The van der Waals surface area contributed by atoms with Crippen LogP contribution in [0.25, 0.3) is 0 Å². The molecule has 0 saturated heterocycles. The van der Waals surface area contributed by atoms with Crippen molar-refractivity contribution in [1.82, 2.24) is 10.2 Å². The van der Waals surface area contributed by atoms with E-state index in [4.69, 9.17) is 10.5 Å². The first-order chi connectivity index (χ1) is 7.19. The van der Waals surface area contributed by atoms with E-state index in [1.165, 1.54) is 7.11 Å². The molecule has 0 aliphatic heterocycles. The van der Waals surface area contributed by atoms with Gasteiger partial charge in [-0.25, -0.2) is 0 Å². The highest BCUT2D eigenvalue weighted by Gasteiger charge is 2.14. The molecule has 15 heavy (non-hydrogen) atoms. The summed E-state index contributed by atoms with van der Waals surface area (Å²) in [6, 6.07) is 0. The number of carbonyl (C=O) groups is 1. The van der Waals surface area contributed by atoms with Gasteiger partial charge in [0.05, 0.1) is 0 Å². The number of rotatable bonds is 8. The van der Waals surface area contributed by atoms with Crippen LogP contribution in [0.4, 0.5) is 0 Å². The summed E-state index contributed by atoms with van der Waals surface area (Å²) in [5, 5.41) is 2.80. The molecule has 1 unspecified atom stereocenters. The number of nitrogens with zero attached hydrogens (tertiary/aromatic N) is 1. The number of nitrogens with one attached hydrogen (secondary N) is 1. The van der Waals surface area contributed by atoms with E-state index in [1.807, 2.05) is 0 Å². The first-order valence-electron chi connectivity index (χ1n) is 5.42. The van der Waals surface area contributed by atoms with Crippen molar-refractivity contribution >= 4 is 5.91 Å². The number of carbonyl (C=O) groups excluding carboxylic acids is 1. The minimum absolute atomic E-state index is 0.132. The van der Waals surface area contributed by atoms with Crippen LogP contribution in [0.3, 0.4) is 0 Å². The lowest BCUT2D eigenvalue weighted by Gasteiger charge is -2.19. The third-order valence-electron chi connectivity index (χ3n) is 2.41. The Hall–Kier alpha value is -0.650. The Balaban J connectivity index is 3.70. The van der Waals surface area contributed by atoms with E-state index < -0.39 is 6.10 Å². The normalized spacial score (nSPS) is 12.9. The maximum atomic E-state index is 11.4. The van der Waals surface area contributed by atoms with Crippen molar-refractivity contribution in [1.29, 1.82) is 0 Å². The zero-order chi connectivity index (χ0) is 11.7. The molecular weight excluding hydrogens is 194 g/mol. The second kappa shape index (κ2) is 8.64. The van der Waals surface area contributed by atoms with E-state index in [1.54, 1.807) is 0 Å². The molecule has 0 saturated carbocycles. The molecule has 0 aliphatic rings. The molecule has 5 heteroatoms. The number of methoxy groups -OCH3 is 1. The summed E-state index contributed by atoms with van der Waals surface area (Å²) in [6.07, 6.45) is -0.526. The number of likely N-dealkylation sites (N-methyl/N-ethyl adjacent to an activating group) is 1. The maximum absolute atomic E-state index is 11.4. The number of nitrogens with two attached hydrogens (primary N) is 1. The van der Waals surface area contributed by atoms with Crippen LogP contribution in [0.15, 0.2) is 0 Å². The molecule has 1 atom stereocenters. The van der Waals surface area contributed by atoms with Crippen molar-refractivity contribution in [3.63, 3.8) is 0 Å². The zero-order valence-corrected chi connectivity index (χ0v) is 9.95. The highest BCUT2D eigenvalue weighted by Crippen LogP contribution is 1.88. The molecule has 1 amide bonds. The summed E-state index contributed by atoms with van der Waals surface area (Å²) in [5.41, 5.74) is 5.37. The first kappa shape index (κ1) is 14.3. The standard InChI is InChI=1S/C10H23N3O2/c1-4-13(5-2)7-6-12-10(14)9(8-11)15-3/h9H,4-8,11H2,1-3H3,(H,12,14). The maximum Gasteiger partial charge on any atom is 0.250 e. The average Bonchev–Trinajstić information content (AvgIpc) is 2.26. The van der Waals surface area contributed by atoms with Gasteiger partial charge in [0.15, 0.2) is 0 Å². The van der Waals surface area contributed by atoms with E-state index in [0.29, 0.717) is 6.54 Å². The van der Waals surface area contributed by atoms with Crippen LogP contribution in [-0.2, 0) is 9.53 Å². The van der Waals surface area contributed by atoms with E-state index in [-0.39, 0.29) is 12.5 Å². The minimum atomic E-state index is -0.526. The fraction of sp³-hybridized carbons (Fsp3) is 0.900. The molecule has 0 aromatic carbocycles. The van der Waals surface area contributed by atoms with Gasteiger partial charge in [0.2, 0.25) is 5.91 Å². The third-order valence-corrected chi connectivity index (χ3v) is 2.41. The van der Waals surface area contributed by atoms with Crippen LogP contribution >= 0.6 is 0 Å². The van der Waals surface area contributed by atoms with Crippen molar-refractivity contribution in [3.8, 4) is 0 Å². The monoisotopic (exact) mass is 217 g/mol. The van der Waals surface area contributed by atoms with Crippen molar-refractivity contribution in [2.24, 2.45) is 5.73 Å². The van der Waals surface area contributed by atoms with Crippen LogP contribution in [0, 0.1) is 0 Å². The molecule has 0 aromatic heterocycles. The Morgan fingerprint density at radius 2 is 2.07 bits per heavy atom. The lowest BCUT2D eigenvalue weighted by molar-refractivity contribution is -0.130. The summed E-state index contributed by atoms with van der Waals surface area (Å²) in [6.45, 7) is 7.91. The number of hydrogen-bond donors (Lipinski definition) is 2. The summed E-state index contributed by atoms with van der Waals surface area (Å²) >= 11 is 0. The summed E-state index contributed by atoms with van der Waals surface area (Å²) in [7, 11) is 1.49. The SMILES string of the molecule is CCN(CC)CCNC(=O)C(CN)OC. The quantitative estimate of drug-likeness (QED) is 0.571. The van der Waals surface area contributed by atoms with Gasteiger partial charge >= 0.3 is 0 Å². The summed E-state index contributed by atoms with van der Waals surface area (Å²) < 4.78 is 4.92. The predicted molar refractivity (Wildman–Crippen MR) is 60.6 cm³/mol. The lowest BCUT2D eigenvalue weighted by Crippen LogP contribution is -2.43. The van der Waals surface area contributed by atoms with Crippen molar-refractivity contribution in [2.75, 3.05) is 39.8 Å². The molecular formula is C10H23N3O2. The summed E-state index contributed by atoms with van der Waals surface area (Å²) in [4.78, 5) is 13.7. The van der Waals surface area contributed by atoms with Crippen molar-refractivity contribution in [3.05, 3.63) is 0 Å². The first-order valence-corrected chi connectivity index (χ1v) is 5.42. The predicted octanol–water partition coefficient (Wildman–Crippen LogP) is -0.582. The third kappa shape index (κ3) is 5.71. The highest BCUT2D eigenvalue weighted by molar-refractivity contribution is 5.80. The van der Waals surface area contributed by atoms with Crippen LogP contribution in [0.1, 0.15) is 13.8 Å². The molecule has 5 nitrogen and oxygen atoms in total. The Bertz CT molecular complexity index is 168. The van der Waals surface area contributed by atoms with Gasteiger partial charge < -0.3 is 20.7 Å². The Labute approximate surface area is 91.9 Å². The van der Waals surface area contributed by atoms with Crippen LogP contribution in [0.5, 0.6) is 0 Å². The lowest BCUT2D eigenvalue weighted by atomic mass is 10.3. The number of hydrogen-bond acceptors (Lipinski definition) is 4. The summed E-state index contributed by atoms with van der Waals surface area (Å²) in [5.74, 6) is -0.132. The van der Waals surface area contributed by atoms with Gasteiger partial charge in [-0.05, 0) is 13.1 Å². The molecule has 0 fully saturated rings. The van der Waals surface area contributed by atoms with E-state index in [2.05, 4.69) is 24.1 Å². The van der Waals surface area contributed by atoms with E-state index in [0.717, 1.165) is 19.6 Å². The molecule has 0 spiro atoms. The van der Waals surface area contributed by atoms with Gasteiger partial charge in [-0.1, -0.05) is 13.8 Å². The van der Waals surface area contributed by atoms with Crippen molar-refractivity contribution in [2.45, 2.75) is 20.0 Å². The van der Waals surface area contributed by atoms with Crippen LogP contribution in [-0.4, -0.2) is 56.7 Å². The Kier molecular flexibility index (Phi) is 8.27. The van der Waals surface area contributed by atoms with Crippen LogP contribution < -0.4 is 11.1 Å². The van der Waals surface area contributed by atoms with Crippen LogP contribution in [0.2, 0.25) is 0 Å². The fourth-order valence-electron chi connectivity index (χ4n) is 1.30. The average molecular weight is 217 g/mol. The largest absolute Gasteiger partial charge is 0.370 e. The smallest absolute Gasteiger partial charge is 0.250 e. The highest BCUT2D eigenvalue weighted by atomic mass is 16.5. The molecule has 0 heterocycles. The minimum Gasteiger partial charge on any atom is -0.370 e. The van der Waals surface area contributed by atoms with E-state index in [9.17, 15) is 4.79 Å². The Morgan fingerprint density at radius 3 is 2.47 bits per heavy atom. The number of amides is 1. The molecule has 0 aliphatic carbocycles. The molecule has 90 valence electrons. The van der Waals surface area contributed by atoms with Crippen molar-refractivity contribution < 1.29 is 9.53 Å². The molecule has 3 N–H and O–H groups in total. The van der Waals surface area contributed by atoms with Gasteiger partial charge in [-0.3, -0.25) is 4.79 Å². The van der Waals surface area contributed by atoms with Gasteiger partial charge in [0.1, 0.15) is 6.10 Å². The van der Waals surface area contributed by atoms with Gasteiger partial charge in [-0.2, -0.15) is 0 Å².